The molecule has 0 bridgehead atoms. The molecule has 0 heterocycles. The smallest absolute Gasteiger partial charge is 0.305 e. The number of hydrogen-bond donors (Lipinski definition) is 2. The molecule has 136 valence electrons. The van der Waals surface area contributed by atoms with Crippen LogP contribution in [0.2, 0.25) is 0 Å². The Balaban J connectivity index is 1.75. The average molecular weight is 353 g/mol. The predicted molar refractivity (Wildman–Crippen MR) is 98.7 cm³/mol. The summed E-state index contributed by atoms with van der Waals surface area (Å²) >= 11 is 0. The van der Waals surface area contributed by atoms with E-state index in [9.17, 15) is 9.59 Å². The zero-order chi connectivity index (χ0) is 18.6. The van der Waals surface area contributed by atoms with Gasteiger partial charge in [-0.1, -0.05) is 30.7 Å². The fourth-order valence-electron chi connectivity index (χ4n) is 3.51. The van der Waals surface area contributed by atoms with E-state index in [1.165, 1.54) is 17.5 Å². The quantitative estimate of drug-likeness (QED) is 0.800. The molecule has 2 N–H and O–H groups in total. The first kappa shape index (κ1) is 18.0. The third-order valence-electron chi connectivity index (χ3n) is 5.17. The Morgan fingerprint density at radius 2 is 1.62 bits per heavy atom. The van der Waals surface area contributed by atoms with Gasteiger partial charge < -0.3 is 15.2 Å². The van der Waals surface area contributed by atoms with E-state index in [-0.39, 0.29) is 24.3 Å². The maximum atomic E-state index is 12.1. The number of benzene rings is 2. The van der Waals surface area contributed by atoms with Crippen molar-refractivity contribution in [2.45, 2.75) is 31.1 Å². The summed E-state index contributed by atoms with van der Waals surface area (Å²) in [6.45, 7) is 0.131. The third kappa shape index (κ3) is 3.57. The van der Waals surface area contributed by atoms with Gasteiger partial charge in [-0.25, -0.2) is 0 Å². The van der Waals surface area contributed by atoms with Crippen LogP contribution in [0.1, 0.15) is 47.2 Å². The summed E-state index contributed by atoms with van der Waals surface area (Å²) < 4.78 is 5.25. The molecule has 0 spiro atoms. The molecule has 1 fully saturated rings. The summed E-state index contributed by atoms with van der Waals surface area (Å²) in [4.78, 5) is 22.6. The molecular weight excluding hydrogens is 330 g/mol. The topological polar surface area (TPSA) is 75.6 Å². The lowest BCUT2D eigenvalue weighted by Gasteiger charge is -2.43. The number of aliphatic carboxylic acids is 1. The molecule has 1 aliphatic carbocycles. The molecule has 0 aromatic heterocycles. The first-order valence-corrected chi connectivity index (χ1v) is 8.80. The largest absolute Gasteiger partial charge is 0.497 e. The molecule has 2 aromatic carbocycles. The minimum atomic E-state index is -0.924. The Hall–Kier alpha value is -2.82. The Kier molecular flexibility index (Phi) is 5.26. The first-order valence-electron chi connectivity index (χ1n) is 8.80. The van der Waals surface area contributed by atoms with Gasteiger partial charge in [0, 0.05) is 17.5 Å². The molecule has 0 radical (unpaired) electrons. The number of carboxylic acids is 1. The fraction of sp³-hybridized carbons (Fsp3) is 0.333. The van der Waals surface area contributed by atoms with Crippen LogP contribution in [-0.2, 0) is 10.2 Å². The number of hydrogen-bond acceptors (Lipinski definition) is 3. The molecular formula is C21H23NO4. The number of carboxylic acid groups (broad SMARTS) is 1. The molecule has 1 saturated carbocycles. The zero-order valence-electron chi connectivity index (χ0n) is 14.8. The van der Waals surface area contributed by atoms with E-state index in [4.69, 9.17) is 9.84 Å². The van der Waals surface area contributed by atoms with Gasteiger partial charge in [0.05, 0.1) is 13.5 Å². The highest BCUT2D eigenvalue weighted by Crippen LogP contribution is 2.49. The average Bonchev–Trinajstić information content (AvgIpc) is 2.61. The predicted octanol–water partition coefficient (Wildman–Crippen LogP) is 3.37. The SMILES string of the molecule is COc1ccc(C2(c3ccc(C(=O)NCCC(=O)O)cc3)CCC2)cc1. The van der Waals surface area contributed by atoms with Crippen LogP contribution in [0.5, 0.6) is 5.75 Å². The molecule has 3 rings (SSSR count). The molecule has 0 saturated heterocycles. The van der Waals surface area contributed by atoms with Gasteiger partial charge in [-0.15, -0.1) is 0 Å². The molecule has 0 aliphatic heterocycles. The van der Waals surface area contributed by atoms with E-state index in [1.54, 1.807) is 7.11 Å². The Labute approximate surface area is 153 Å². The minimum absolute atomic E-state index is 0.00455. The molecule has 1 amide bonds. The summed E-state index contributed by atoms with van der Waals surface area (Å²) in [6, 6.07) is 15.9. The van der Waals surface area contributed by atoms with E-state index >= 15 is 0 Å². The molecule has 5 nitrogen and oxygen atoms in total. The van der Waals surface area contributed by atoms with E-state index in [1.807, 2.05) is 36.4 Å². The number of carbonyl (C=O) groups excluding carboxylic acids is 1. The second kappa shape index (κ2) is 7.60. The maximum Gasteiger partial charge on any atom is 0.305 e. The first-order chi connectivity index (χ1) is 12.5. The van der Waals surface area contributed by atoms with Gasteiger partial charge in [0.1, 0.15) is 5.75 Å². The van der Waals surface area contributed by atoms with Crippen LogP contribution in [0.4, 0.5) is 0 Å². The van der Waals surface area contributed by atoms with Crippen LogP contribution >= 0.6 is 0 Å². The molecule has 26 heavy (non-hydrogen) atoms. The minimum Gasteiger partial charge on any atom is -0.497 e. The highest BCUT2D eigenvalue weighted by molar-refractivity contribution is 5.94. The highest BCUT2D eigenvalue weighted by atomic mass is 16.5. The van der Waals surface area contributed by atoms with Crippen LogP contribution in [0.15, 0.2) is 48.5 Å². The van der Waals surface area contributed by atoms with Gasteiger partial charge in [0.15, 0.2) is 0 Å². The van der Waals surface area contributed by atoms with Crippen LogP contribution in [0.3, 0.4) is 0 Å². The van der Waals surface area contributed by atoms with Crippen molar-refractivity contribution in [3.05, 3.63) is 65.2 Å². The van der Waals surface area contributed by atoms with Crippen molar-refractivity contribution in [3.63, 3.8) is 0 Å². The Morgan fingerprint density at radius 1 is 1.04 bits per heavy atom. The summed E-state index contributed by atoms with van der Waals surface area (Å²) in [5.41, 5.74) is 3.02. The summed E-state index contributed by atoms with van der Waals surface area (Å²) in [5, 5.41) is 11.3. The number of nitrogens with one attached hydrogen (secondary N) is 1. The van der Waals surface area contributed by atoms with Crippen molar-refractivity contribution in [1.29, 1.82) is 0 Å². The fourth-order valence-corrected chi connectivity index (χ4v) is 3.51. The van der Waals surface area contributed by atoms with Crippen molar-refractivity contribution < 1.29 is 19.4 Å². The van der Waals surface area contributed by atoms with Crippen molar-refractivity contribution in [3.8, 4) is 5.75 Å². The number of ether oxygens (including phenoxy) is 1. The number of carbonyl (C=O) groups is 2. The summed E-state index contributed by atoms with van der Waals surface area (Å²) in [7, 11) is 1.66. The third-order valence-corrected chi connectivity index (χ3v) is 5.17. The molecule has 0 atom stereocenters. The number of rotatable bonds is 7. The van der Waals surface area contributed by atoms with E-state index in [0.717, 1.165) is 18.6 Å². The van der Waals surface area contributed by atoms with E-state index < -0.39 is 5.97 Å². The van der Waals surface area contributed by atoms with Crippen molar-refractivity contribution in [2.24, 2.45) is 0 Å². The second-order valence-electron chi connectivity index (χ2n) is 6.64. The molecule has 0 unspecified atom stereocenters. The van der Waals surface area contributed by atoms with Gasteiger partial charge in [0.2, 0.25) is 0 Å². The van der Waals surface area contributed by atoms with Crippen LogP contribution in [0.25, 0.3) is 0 Å². The van der Waals surface area contributed by atoms with Crippen LogP contribution in [0, 0.1) is 0 Å². The van der Waals surface area contributed by atoms with Gasteiger partial charge in [-0.05, 0) is 48.2 Å². The Bertz CT molecular complexity index is 777. The van der Waals surface area contributed by atoms with Crippen molar-refractivity contribution >= 4 is 11.9 Å². The van der Waals surface area contributed by atoms with Gasteiger partial charge in [0.25, 0.3) is 5.91 Å². The molecule has 5 heteroatoms. The van der Waals surface area contributed by atoms with Gasteiger partial charge >= 0.3 is 5.97 Å². The maximum absolute atomic E-state index is 12.1. The molecule has 2 aromatic rings. The monoisotopic (exact) mass is 353 g/mol. The summed E-state index contributed by atoms with van der Waals surface area (Å²) in [6.07, 6.45) is 3.28. The molecule has 1 aliphatic rings. The normalized spacial score (nSPS) is 15.0. The number of amides is 1. The lowest BCUT2D eigenvalue weighted by Crippen LogP contribution is -2.35. The van der Waals surface area contributed by atoms with E-state index in [2.05, 4.69) is 17.4 Å². The standard InChI is InChI=1S/C21H23NO4/c1-26-18-9-7-17(8-10-18)21(12-2-13-21)16-5-3-15(4-6-16)20(25)22-14-11-19(23)24/h3-10H,2,11-14H2,1H3,(H,22,25)(H,23,24). The van der Waals surface area contributed by atoms with Crippen molar-refractivity contribution in [1.82, 2.24) is 5.32 Å². The summed E-state index contributed by atoms with van der Waals surface area (Å²) in [5.74, 6) is -0.325. The lowest BCUT2D eigenvalue weighted by molar-refractivity contribution is -0.136. The van der Waals surface area contributed by atoms with E-state index in [0.29, 0.717) is 5.56 Å². The number of methoxy groups -OCH3 is 1. The zero-order valence-corrected chi connectivity index (χ0v) is 14.8. The highest BCUT2D eigenvalue weighted by Gasteiger charge is 2.40. The van der Waals surface area contributed by atoms with Crippen molar-refractivity contribution in [2.75, 3.05) is 13.7 Å². The van der Waals surface area contributed by atoms with Gasteiger partial charge in [-0.2, -0.15) is 0 Å². The Morgan fingerprint density at radius 3 is 2.08 bits per heavy atom. The lowest BCUT2D eigenvalue weighted by atomic mass is 9.60. The van der Waals surface area contributed by atoms with Crippen LogP contribution < -0.4 is 10.1 Å². The van der Waals surface area contributed by atoms with Gasteiger partial charge in [-0.3, -0.25) is 9.59 Å². The second-order valence-corrected chi connectivity index (χ2v) is 6.64. The van der Waals surface area contributed by atoms with Crippen LogP contribution in [-0.4, -0.2) is 30.6 Å².